The molecule has 0 aliphatic heterocycles. The minimum absolute atomic E-state index is 0.215. The molecule has 0 radical (unpaired) electrons. The number of nitrogens with two attached hydrogens (primary N) is 1. The maximum Gasteiger partial charge on any atom is 0.126 e. The Labute approximate surface area is 82.3 Å². The molecule has 0 saturated heterocycles. The number of hydrogen-bond acceptors (Lipinski definition) is 3. The highest BCUT2D eigenvalue weighted by Gasteiger charge is 2.01. The van der Waals surface area contributed by atoms with Crippen molar-refractivity contribution in [1.82, 2.24) is 0 Å². The Hall–Kier alpha value is -1.13. The summed E-state index contributed by atoms with van der Waals surface area (Å²) in [5.41, 5.74) is 5.21. The standard InChI is InChI=1S/C10H14FNO2/c11-8-2-1-3-10(6-8)14-5-4-9(13)7-12/h1-3,6,9,13H,4-5,7,12H2/t9-/m1/s1. The zero-order valence-corrected chi connectivity index (χ0v) is 7.82. The van der Waals surface area contributed by atoms with Crippen LogP contribution in [0.2, 0.25) is 0 Å². The van der Waals surface area contributed by atoms with Gasteiger partial charge in [0.2, 0.25) is 0 Å². The van der Waals surface area contributed by atoms with Crippen molar-refractivity contribution in [2.24, 2.45) is 5.73 Å². The first kappa shape index (κ1) is 10.9. The fourth-order valence-corrected chi connectivity index (χ4v) is 0.987. The Morgan fingerprint density at radius 2 is 2.29 bits per heavy atom. The van der Waals surface area contributed by atoms with Gasteiger partial charge in [-0.1, -0.05) is 6.07 Å². The summed E-state index contributed by atoms with van der Waals surface area (Å²) in [7, 11) is 0. The third-order valence-electron chi connectivity index (χ3n) is 1.79. The van der Waals surface area contributed by atoms with Crippen LogP contribution >= 0.6 is 0 Å². The Bertz CT molecular complexity index is 281. The molecule has 1 atom stereocenters. The van der Waals surface area contributed by atoms with E-state index >= 15 is 0 Å². The van der Waals surface area contributed by atoms with Gasteiger partial charge in [-0.25, -0.2) is 4.39 Å². The summed E-state index contributed by atoms with van der Waals surface area (Å²) < 4.78 is 17.9. The van der Waals surface area contributed by atoms with E-state index in [1.54, 1.807) is 12.1 Å². The molecule has 0 aliphatic rings. The normalized spacial score (nSPS) is 12.5. The summed E-state index contributed by atoms with van der Waals surface area (Å²) in [5, 5.41) is 9.11. The molecule has 1 rings (SSSR count). The SMILES string of the molecule is NC[C@H](O)CCOc1cccc(F)c1. The summed E-state index contributed by atoms with van der Waals surface area (Å²) in [6.45, 7) is 0.550. The first-order valence-electron chi connectivity index (χ1n) is 4.49. The topological polar surface area (TPSA) is 55.5 Å². The van der Waals surface area contributed by atoms with Gasteiger partial charge < -0.3 is 15.6 Å². The van der Waals surface area contributed by atoms with Gasteiger partial charge in [-0.15, -0.1) is 0 Å². The lowest BCUT2D eigenvalue weighted by Gasteiger charge is -2.09. The molecule has 0 unspecified atom stereocenters. The van der Waals surface area contributed by atoms with Gasteiger partial charge in [-0.2, -0.15) is 0 Å². The molecule has 0 aromatic heterocycles. The third-order valence-corrected chi connectivity index (χ3v) is 1.79. The van der Waals surface area contributed by atoms with Crippen LogP contribution in [0.15, 0.2) is 24.3 Å². The van der Waals surface area contributed by atoms with Gasteiger partial charge in [-0.3, -0.25) is 0 Å². The van der Waals surface area contributed by atoms with Crippen LogP contribution in [0, 0.1) is 5.82 Å². The molecule has 0 heterocycles. The molecule has 3 nitrogen and oxygen atoms in total. The first-order chi connectivity index (χ1) is 6.72. The molecule has 0 saturated carbocycles. The van der Waals surface area contributed by atoms with E-state index in [0.717, 1.165) is 0 Å². The van der Waals surface area contributed by atoms with Crippen LogP contribution in [0.1, 0.15) is 6.42 Å². The van der Waals surface area contributed by atoms with Crippen LogP contribution in [0.25, 0.3) is 0 Å². The van der Waals surface area contributed by atoms with Crippen molar-refractivity contribution in [2.75, 3.05) is 13.2 Å². The fraction of sp³-hybridized carbons (Fsp3) is 0.400. The molecule has 0 fully saturated rings. The highest BCUT2D eigenvalue weighted by Crippen LogP contribution is 2.12. The molecule has 4 heteroatoms. The molecule has 0 bridgehead atoms. The second-order valence-corrected chi connectivity index (χ2v) is 2.98. The average molecular weight is 199 g/mol. The quantitative estimate of drug-likeness (QED) is 0.741. The van der Waals surface area contributed by atoms with Crippen molar-refractivity contribution in [2.45, 2.75) is 12.5 Å². The zero-order chi connectivity index (χ0) is 10.4. The van der Waals surface area contributed by atoms with E-state index in [9.17, 15) is 4.39 Å². The van der Waals surface area contributed by atoms with Gasteiger partial charge in [0.1, 0.15) is 11.6 Å². The summed E-state index contributed by atoms with van der Waals surface area (Å²) in [6, 6.07) is 5.89. The van der Waals surface area contributed by atoms with Gasteiger partial charge in [0.05, 0.1) is 12.7 Å². The zero-order valence-electron chi connectivity index (χ0n) is 7.82. The van der Waals surface area contributed by atoms with Crippen molar-refractivity contribution >= 4 is 0 Å². The van der Waals surface area contributed by atoms with E-state index in [1.807, 2.05) is 0 Å². The number of aliphatic hydroxyl groups is 1. The molecular formula is C10H14FNO2. The number of ether oxygens (including phenoxy) is 1. The van der Waals surface area contributed by atoms with Crippen molar-refractivity contribution in [3.8, 4) is 5.75 Å². The molecule has 14 heavy (non-hydrogen) atoms. The van der Waals surface area contributed by atoms with Crippen LogP contribution in [-0.4, -0.2) is 24.4 Å². The summed E-state index contributed by atoms with van der Waals surface area (Å²) in [4.78, 5) is 0. The lowest BCUT2D eigenvalue weighted by Crippen LogP contribution is -2.21. The van der Waals surface area contributed by atoms with Crippen LogP contribution in [0.4, 0.5) is 4.39 Å². The second-order valence-electron chi connectivity index (χ2n) is 2.98. The summed E-state index contributed by atoms with van der Waals surface area (Å²) >= 11 is 0. The molecule has 1 aromatic carbocycles. The Balaban J connectivity index is 2.31. The molecule has 3 N–H and O–H groups in total. The Kier molecular flexibility index (Phi) is 4.35. The van der Waals surface area contributed by atoms with Crippen LogP contribution in [0.5, 0.6) is 5.75 Å². The van der Waals surface area contributed by atoms with Crippen molar-refractivity contribution < 1.29 is 14.2 Å². The number of rotatable bonds is 5. The van der Waals surface area contributed by atoms with E-state index < -0.39 is 6.10 Å². The van der Waals surface area contributed by atoms with E-state index in [2.05, 4.69) is 0 Å². The van der Waals surface area contributed by atoms with Gasteiger partial charge in [-0.05, 0) is 12.1 Å². The predicted octanol–water partition coefficient (Wildman–Crippen LogP) is 0.914. The van der Waals surface area contributed by atoms with Gasteiger partial charge in [0.15, 0.2) is 0 Å². The van der Waals surface area contributed by atoms with Crippen molar-refractivity contribution in [3.05, 3.63) is 30.1 Å². The fourth-order valence-electron chi connectivity index (χ4n) is 0.987. The monoisotopic (exact) mass is 199 g/mol. The van der Waals surface area contributed by atoms with E-state index in [4.69, 9.17) is 15.6 Å². The van der Waals surface area contributed by atoms with Crippen LogP contribution in [0.3, 0.4) is 0 Å². The van der Waals surface area contributed by atoms with Crippen LogP contribution in [-0.2, 0) is 0 Å². The smallest absolute Gasteiger partial charge is 0.126 e. The molecular weight excluding hydrogens is 185 g/mol. The number of halogens is 1. The second kappa shape index (κ2) is 5.57. The molecule has 0 amide bonds. The number of hydrogen-bond donors (Lipinski definition) is 2. The first-order valence-corrected chi connectivity index (χ1v) is 4.49. The highest BCUT2D eigenvalue weighted by molar-refractivity contribution is 5.22. The molecule has 1 aromatic rings. The minimum Gasteiger partial charge on any atom is -0.493 e. The average Bonchev–Trinajstić information content (AvgIpc) is 2.17. The van der Waals surface area contributed by atoms with Crippen LogP contribution < -0.4 is 10.5 Å². The van der Waals surface area contributed by atoms with Gasteiger partial charge >= 0.3 is 0 Å². The number of benzene rings is 1. The Morgan fingerprint density at radius 3 is 2.93 bits per heavy atom. The highest BCUT2D eigenvalue weighted by atomic mass is 19.1. The van der Waals surface area contributed by atoms with E-state index in [1.165, 1.54) is 12.1 Å². The summed E-state index contributed by atoms with van der Waals surface area (Å²) in [5.74, 6) is 0.135. The maximum absolute atomic E-state index is 12.7. The number of aliphatic hydroxyl groups excluding tert-OH is 1. The largest absolute Gasteiger partial charge is 0.493 e. The minimum atomic E-state index is -0.552. The molecule has 0 spiro atoms. The Morgan fingerprint density at radius 1 is 1.50 bits per heavy atom. The summed E-state index contributed by atoms with van der Waals surface area (Å²) in [6.07, 6.45) is -0.101. The van der Waals surface area contributed by atoms with Crippen molar-refractivity contribution in [1.29, 1.82) is 0 Å². The van der Waals surface area contributed by atoms with E-state index in [-0.39, 0.29) is 12.4 Å². The molecule has 0 aliphatic carbocycles. The lowest BCUT2D eigenvalue weighted by molar-refractivity contribution is 0.146. The lowest BCUT2D eigenvalue weighted by atomic mass is 10.3. The third kappa shape index (κ3) is 3.72. The maximum atomic E-state index is 12.7. The van der Waals surface area contributed by atoms with E-state index in [0.29, 0.717) is 18.8 Å². The molecule has 78 valence electrons. The predicted molar refractivity (Wildman–Crippen MR) is 51.6 cm³/mol. The van der Waals surface area contributed by atoms with Crippen molar-refractivity contribution in [3.63, 3.8) is 0 Å². The van der Waals surface area contributed by atoms with Gasteiger partial charge in [0.25, 0.3) is 0 Å². The van der Waals surface area contributed by atoms with Gasteiger partial charge in [0, 0.05) is 19.0 Å².